The number of nitrogens with zero attached hydrogens (tertiary/aromatic N) is 2. The molecule has 0 aromatic heterocycles. The van der Waals surface area contributed by atoms with Gasteiger partial charge in [-0.3, -0.25) is 9.59 Å². The summed E-state index contributed by atoms with van der Waals surface area (Å²) in [6.45, 7) is 2.71. The van der Waals surface area contributed by atoms with E-state index in [4.69, 9.17) is 4.74 Å². The van der Waals surface area contributed by atoms with Gasteiger partial charge in [-0.15, -0.1) is 0 Å². The molecule has 4 aliphatic rings. The molecule has 0 aromatic rings. The number of piperidine rings is 1. The van der Waals surface area contributed by atoms with E-state index in [1.807, 2.05) is 4.90 Å². The third-order valence-corrected chi connectivity index (χ3v) is 6.06. The number of fused-ring (bicyclic) bond motifs is 1. The van der Waals surface area contributed by atoms with E-state index in [0.29, 0.717) is 31.8 Å². The summed E-state index contributed by atoms with van der Waals surface area (Å²) in [5, 5.41) is 0. The molecule has 0 N–H and O–H groups in total. The number of rotatable bonds is 2. The van der Waals surface area contributed by atoms with E-state index in [0.717, 1.165) is 45.2 Å². The van der Waals surface area contributed by atoms with Crippen LogP contribution in [0.1, 0.15) is 44.9 Å². The van der Waals surface area contributed by atoms with Crippen LogP contribution in [-0.2, 0) is 14.3 Å². The minimum atomic E-state index is -1.63. The molecule has 4 rings (SSSR count). The summed E-state index contributed by atoms with van der Waals surface area (Å²) < 4.78 is 20.3. The number of carbonyl (C=O) groups is 2. The first-order chi connectivity index (χ1) is 11.1. The summed E-state index contributed by atoms with van der Waals surface area (Å²) in [4.78, 5) is 28.3. The summed E-state index contributed by atoms with van der Waals surface area (Å²) in [5.74, 6) is 0.0726. The van der Waals surface area contributed by atoms with Crippen molar-refractivity contribution in [2.24, 2.45) is 5.92 Å². The molecule has 3 saturated heterocycles. The second-order valence-corrected chi connectivity index (χ2v) is 7.55. The van der Waals surface area contributed by atoms with Gasteiger partial charge >= 0.3 is 0 Å². The fourth-order valence-corrected chi connectivity index (χ4v) is 4.40. The Balaban J connectivity index is 1.36. The third-order valence-electron chi connectivity index (χ3n) is 6.06. The monoisotopic (exact) mass is 324 g/mol. The first-order valence-electron chi connectivity index (χ1n) is 8.99. The SMILES string of the molecule is O=C([C@H]1C[C@@H]2CCN(C(=O)C3(F)CCC3)C[C@H]2O1)N1CCCC1. The molecule has 6 heteroatoms. The fraction of sp³-hybridized carbons (Fsp3) is 0.882. The van der Waals surface area contributed by atoms with Gasteiger partial charge in [0.1, 0.15) is 6.10 Å². The number of carbonyl (C=O) groups excluding carboxylic acids is 2. The predicted molar refractivity (Wildman–Crippen MR) is 81.5 cm³/mol. The summed E-state index contributed by atoms with van der Waals surface area (Å²) in [5.41, 5.74) is -1.63. The van der Waals surface area contributed by atoms with Gasteiger partial charge in [-0.05, 0) is 50.9 Å². The first-order valence-corrected chi connectivity index (χ1v) is 8.99. The van der Waals surface area contributed by atoms with Crippen molar-refractivity contribution in [3.63, 3.8) is 0 Å². The van der Waals surface area contributed by atoms with Crippen molar-refractivity contribution in [2.75, 3.05) is 26.2 Å². The lowest BCUT2D eigenvalue weighted by molar-refractivity contribution is -0.155. The molecule has 3 aliphatic heterocycles. The van der Waals surface area contributed by atoms with E-state index in [1.54, 1.807) is 4.90 Å². The standard InChI is InChI=1S/C17H25FN2O3/c18-17(5-3-6-17)16(22)20-9-4-12-10-13(23-14(12)11-20)15(21)19-7-1-2-8-19/h12-14H,1-11H2/t12-,13+,14+/m0/s1. The van der Waals surface area contributed by atoms with Crippen LogP contribution in [0.15, 0.2) is 0 Å². The molecule has 3 atom stereocenters. The summed E-state index contributed by atoms with van der Waals surface area (Å²) in [6.07, 6.45) is 4.76. The molecule has 0 aromatic carbocycles. The minimum absolute atomic E-state index is 0.104. The highest BCUT2D eigenvalue weighted by Crippen LogP contribution is 2.40. The first kappa shape index (κ1) is 15.4. The Bertz CT molecular complexity index is 502. The Hall–Kier alpha value is -1.17. The second-order valence-electron chi connectivity index (χ2n) is 7.55. The van der Waals surface area contributed by atoms with Gasteiger partial charge in [0.15, 0.2) is 5.67 Å². The van der Waals surface area contributed by atoms with Crippen LogP contribution in [0.4, 0.5) is 4.39 Å². The lowest BCUT2D eigenvalue weighted by Gasteiger charge is -2.41. The molecule has 0 radical (unpaired) electrons. The molecule has 1 saturated carbocycles. The smallest absolute Gasteiger partial charge is 0.260 e. The number of halogens is 1. The van der Waals surface area contributed by atoms with Gasteiger partial charge in [0.2, 0.25) is 0 Å². The number of ether oxygens (including phenoxy) is 1. The van der Waals surface area contributed by atoms with Crippen molar-refractivity contribution >= 4 is 11.8 Å². The maximum absolute atomic E-state index is 14.3. The molecule has 4 fully saturated rings. The molecule has 0 unspecified atom stereocenters. The van der Waals surface area contributed by atoms with Crippen molar-refractivity contribution in [3.05, 3.63) is 0 Å². The Labute approximate surface area is 136 Å². The molecular formula is C17H25FN2O3. The summed E-state index contributed by atoms with van der Waals surface area (Å²) in [6, 6.07) is 0. The minimum Gasteiger partial charge on any atom is -0.363 e. The largest absolute Gasteiger partial charge is 0.363 e. The third kappa shape index (κ3) is 2.65. The average Bonchev–Trinajstić information content (AvgIpc) is 3.19. The molecule has 23 heavy (non-hydrogen) atoms. The molecule has 128 valence electrons. The van der Waals surface area contributed by atoms with Crippen LogP contribution in [0.5, 0.6) is 0 Å². The topological polar surface area (TPSA) is 49.9 Å². The van der Waals surface area contributed by atoms with Gasteiger partial charge < -0.3 is 14.5 Å². The maximum atomic E-state index is 14.3. The molecule has 2 amide bonds. The van der Waals surface area contributed by atoms with Gasteiger partial charge in [0, 0.05) is 26.2 Å². The van der Waals surface area contributed by atoms with E-state index >= 15 is 0 Å². The Morgan fingerprint density at radius 1 is 1.04 bits per heavy atom. The van der Waals surface area contributed by atoms with Crippen LogP contribution >= 0.6 is 0 Å². The zero-order chi connectivity index (χ0) is 16.0. The van der Waals surface area contributed by atoms with Crippen molar-refractivity contribution in [2.45, 2.75) is 62.8 Å². The summed E-state index contributed by atoms with van der Waals surface area (Å²) in [7, 11) is 0. The number of hydrogen-bond acceptors (Lipinski definition) is 3. The van der Waals surface area contributed by atoms with Crippen LogP contribution in [0.25, 0.3) is 0 Å². The highest BCUT2D eigenvalue weighted by molar-refractivity contribution is 5.86. The molecular weight excluding hydrogens is 299 g/mol. The van der Waals surface area contributed by atoms with Gasteiger partial charge in [-0.25, -0.2) is 4.39 Å². The number of alkyl halides is 1. The van der Waals surface area contributed by atoms with E-state index in [-0.39, 0.29) is 24.0 Å². The van der Waals surface area contributed by atoms with E-state index < -0.39 is 5.67 Å². The number of amides is 2. The number of likely N-dealkylation sites (tertiary alicyclic amines) is 2. The maximum Gasteiger partial charge on any atom is 0.260 e. The van der Waals surface area contributed by atoms with Crippen molar-refractivity contribution < 1.29 is 18.7 Å². The molecule has 0 bridgehead atoms. The van der Waals surface area contributed by atoms with Gasteiger partial charge in [0.25, 0.3) is 11.8 Å². The molecule has 0 spiro atoms. The Morgan fingerprint density at radius 2 is 1.78 bits per heavy atom. The van der Waals surface area contributed by atoms with Gasteiger partial charge in [-0.2, -0.15) is 0 Å². The summed E-state index contributed by atoms with van der Waals surface area (Å²) >= 11 is 0. The lowest BCUT2D eigenvalue weighted by atomic mass is 9.80. The fourth-order valence-electron chi connectivity index (χ4n) is 4.40. The van der Waals surface area contributed by atoms with Crippen molar-refractivity contribution in [1.29, 1.82) is 0 Å². The van der Waals surface area contributed by atoms with Crippen LogP contribution in [0.3, 0.4) is 0 Å². The predicted octanol–water partition coefficient (Wildman–Crippen LogP) is 1.51. The highest BCUT2D eigenvalue weighted by Gasteiger charge is 2.50. The number of hydrogen-bond donors (Lipinski definition) is 0. The highest BCUT2D eigenvalue weighted by atomic mass is 19.1. The zero-order valence-corrected chi connectivity index (χ0v) is 13.5. The second kappa shape index (κ2) is 5.72. The normalized spacial score (nSPS) is 35.8. The van der Waals surface area contributed by atoms with Crippen LogP contribution in [-0.4, -0.2) is 65.7 Å². The quantitative estimate of drug-likeness (QED) is 0.774. The van der Waals surface area contributed by atoms with Crippen LogP contribution < -0.4 is 0 Å². The van der Waals surface area contributed by atoms with E-state index in [2.05, 4.69) is 0 Å². The van der Waals surface area contributed by atoms with Crippen LogP contribution in [0.2, 0.25) is 0 Å². The molecule has 1 aliphatic carbocycles. The Morgan fingerprint density at radius 3 is 2.43 bits per heavy atom. The van der Waals surface area contributed by atoms with Crippen molar-refractivity contribution in [1.82, 2.24) is 9.80 Å². The average molecular weight is 324 g/mol. The zero-order valence-electron chi connectivity index (χ0n) is 13.5. The molecule has 5 nitrogen and oxygen atoms in total. The van der Waals surface area contributed by atoms with E-state index in [1.165, 1.54) is 0 Å². The van der Waals surface area contributed by atoms with Gasteiger partial charge in [0.05, 0.1) is 6.10 Å². The van der Waals surface area contributed by atoms with Crippen LogP contribution in [0, 0.1) is 5.92 Å². The van der Waals surface area contributed by atoms with E-state index in [9.17, 15) is 14.0 Å². The lowest BCUT2D eigenvalue weighted by Crippen LogP contribution is -2.55. The molecule has 3 heterocycles. The Kier molecular flexibility index (Phi) is 3.82. The van der Waals surface area contributed by atoms with Crippen molar-refractivity contribution in [3.8, 4) is 0 Å². The van der Waals surface area contributed by atoms with Gasteiger partial charge in [-0.1, -0.05) is 0 Å².